The van der Waals surface area contributed by atoms with Gasteiger partial charge in [-0.3, -0.25) is 43.8 Å². The highest BCUT2D eigenvalue weighted by molar-refractivity contribution is 5.98. The van der Waals surface area contributed by atoms with Crippen LogP contribution in [0.3, 0.4) is 0 Å². The van der Waals surface area contributed by atoms with Crippen molar-refractivity contribution in [3.05, 3.63) is 114 Å². The molecule has 84 heavy (non-hydrogen) atoms. The molecule has 8 rings (SSSR count). The summed E-state index contributed by atoms with van der Waals surface area (Å²) in [5.41, 5.74) is 10.3. The maximum atomic E-state index is 14.8. The van der Waals surface area contributed by atoms with Gasteiger partial charge in [-0.1, -0.05) is 78.9 Å². The lowest BCUT2D eigenvalue weighted by Crippen LogP contribution is -2.59. The topological polar surface area (TPSA) is 381 Å². The number of hydrogen-bond acceptors (Lipinski definition) is 13. The van der Waals surface area contributed by atoms with Gasteiger partial charge >= 0.3 is 18.0 Å². The Kier molecular flexibility index (Phi) is 20.6. The van der Waals surface area contributed by atoms with Crippen LogP contribution < -0.4 is 37.6 Å². The number of fused-ring (bicyclic) bond motifs is 3. The number of aromatic amines is 1. The van der Waals surface area contributed by atoms with E-state index in [4.69, 9.17) is 15.9 Å². The van der Waals surface area contributed by atoms with Gasteiger partial charge < -0.3 is 72.3 Å². The Morgan fingerprint density at radius 1 is 0.655 bits per heavy atom. The number of imidazole rings is 1. The van der Waals surface area contributed by atoms with Crippen LogP contribution in [0.2, 0.25) is 0 Å². The number of aromatic nitrogens is 2. The summed E-state index contributed by atoms with van der Waals surface area (Å²) in [5.74, 6) is -7.89. The highest BCUT2D eigenvalue weighted by atomic mass is 16.5. The molecule has 26 nitrogen and oxygen atoms in total. The molecule has 4 heterocycles. The minimum atomic E-state index is -1.49. The van der Waals surface area contributed by atoms with Crippen LogP contribution in [-0.4, -0.2) is 182 Å². The predicted octanol–water partition coefficient (Wildman–Crippen LogP) is 0.858. The first-order chi connectivity index (χ1) is 40.5. The molecule has 12 N–H and O–H groups in total. The molecule has 8 amide bonds. The number of carbonyl (C=O) groups is 10. The van der Waals surface area contributed by atoms with Gasteiger partial charge in [-0.05, 0) is 85.6 Å². The minimum absolute atomic E-state index is 0.0548. The van der Waals surface area contributed by atoms with Gasteiger partial charge in [0.1, 0.15) is 48.9 Å². The molecule has 0 spiro atoms. The van der Waals surface area contributed by atoms with Crippen molar-refractivity contribution in [3.63, 3.8) is 0 Å². The van der Waals surface area contributed by atoms with Gasteiger partial charge in [0.25, 0.3) is 0 Å². The Hall–Kier alpha value is -9.36. The van der Waals surface area contributed by atoms with Crippen molar-refractivity contribution < 1.29 is 62.9 Å². The van der Waals surface area contributed by atoms with Crippen molar-refractivity contribution in [1.82, 2.24) is 56.6 Å². The zero-order chi connectivity index (χ0) is 59.9. The van der Waals surface area contributed by atoms with E-state index in [-0.39, 0.29) is 96.0 Å². The molecular formula is C58H71N13O13. The number of likely N-dealkylation sites (tertiary alicyclic amines) is 3. The highest BCUT2D eigenvalue weighted by Gasteiger charge is 2.43. The smallest absolute Gasteiger partial charge is 0.407 e. The van der Waals surface area contributed by atoms with Gasteiger partial charge in [-0.25, -0.2) is 14.6 Å². The number of ether oxygens (including phenoxy) is 1. The molecule has 446 valence electrons. The van der Waals surface area contributed by atoms with Crippen molar-refractivity contribution >= 4 is 65.3 Å². The zero-order valence-corrected chi connectivity index (χ0v) is 46.3. The molecule has 0 unspecified atom stereocenters. The van der Waals surface area contributed by atoms with E-state index >= 15 is 0 Å². The summed E-state index contributed by atoms with van der Waals surface area (Å²) >= 11 is 0. The van der Waals surface area contributed by atoms with E-state index in [9.17, 15) is 58.2 Å². The number of carboxylic acid groups (broad SMARTS) is 2. The monoisotopic (exact) mass is 1160 g/mol. The normalized spacial score (nSPS) is 18.5. The molecule has 3 aromatic carbocycles. The summed E-state index contributed by atoms with van der Waals surface area (Å²) in [5, 5.41) is 42.8. The number of guanidine groups is 1. The molecule has 26 heteroatoms. The number of benzene rings is 3. The van der Waals surface area contributed by atoms with Crippen LogP contribution >= 0.6 is 0 Å². The Morgan fingerprint density at radius 3 is 1.87 bits per heavy atom. The highest BCUT2D eigenvalue weighted by Crippen LogP contribution is 2.44. The first kappa shape index (κ1) is 60.7. The Bertz CT molecular complexity index is 3030. The largest absolute Gasteiger partial charge is 0.481 e. The maximum absolute atomic E-state index is 14.8. The molecule has 4 aliphatic rings. The van der Waals surface area contributed by atoms with Gasteiger partial charge in [0, 0.05) is 57.6 Å². The Labute approximate surface area is 483 Å². The fourth-order valence-corrected chi connectivity index (χ4v) is 11.5. The quantitative estimate of drug-likeness (QED) is 0.0236. The zero-order valence-electron chi connectivity index (χ0n) is 46.3. The second kappa shape index (κ2) is 28.6. The van der Waals surface area contributed by atoms with Crippen LogP contribution in [0.1, 0.15) is 92.5 Å². The summed E-state index contributed by atoms with van der Waals surface area (Å²) in [7, 11) is 0. The number of alkyl carbamates (subject to hydrolysis) is 1. The summed E-state index contributed by atoms with van der Waals surface area (Å²) in [4.78, 5) is 147. The Balaban J connectivity index is 0.917. The van der Waals surface area contributed by atoms with Crippen LogP contribution in [0.15, 0.2) is 91.4 Å². The molecule has 0 radical (unpaired) electrons. The van der Waals surface area contributed by atoms with Gasteiger partial charge in [-0.2, -0.15) is 0 Å². The number of H-pyrrole nitrogens is 1. The molecule has 0 bridgehead atoms. The molecule has 3 fully saturated rings. The van der Waals surface area contributed by atoms with Crippen molar-refractivity contribution in [2.75, 3.05) is 39.3 Å². The minimum Gasteiger partial charge on any atom is -0.481 e. The van der Waals surface area contributed by atoms with E-state index in [2.05, 4.69) is 41.9 Å². The Morgan fingerprint density at radius 2 is 1.24 bits per heavy atom. The molecule has 1 aliphatic carbocycles. The number of carbonyl (C=O) groups excluding carboxylic acids is 8. The van der Waals surface area contributed by atoms with E-state index in [1.807, 2.05) is 48.5 Å². The van der Waals surface area contributed by atoms with Gasteiger partial charge in [0.2, 0.25) is 41.4 Å². The molecule has 3 saturated heterocycles. The van der Waals surface area contributed by atoms with E-state index in [1.54, 1.807) is 30.3 Å². The molecule has 3 aliphatic heterocycles. The van der Waals surface area contributed by atoms with E-state index in [0.29, 0.717) is 30.5 Å². The first-order valence-corrected chi connectivity index (χ1v) is 28.2. The summed E-state index contributed by atoms with van der Waals surface area (Å²) < 4.78 is 5.69. The number of nitrogens with zero attached hydrogens (tertiary/aromatic N) is 4. The van der Waals surface area contributed by atoms with E-state index in [0.717, 1.165) is 22.3 Å². The molecular weight excluding hydrogens is 1090 g/mol. The van der Waals surface area contributed by atoms with Crippen LogP contribution in [0, 0.1) is 5.41 Å². The van der Waals surface area contributed by atoms with Gasteiger partial charge in [0.15, 0.2) is 5.96 Å². The number of hydrogen-bond donors (Lipinski definition) is 11. The standard InChI is InChI=1S/C58H71N13O13/c59-57(60)62-24-8-18-42(54(79)71-27-11-21-47(71)56(81)82)65-53(78)46-20-9-25-69(46)48(72)31-63-52(77)45-19-10-26-70(45)55(80)44(28-34-12-2-1-3-13-34)67-51(76)43(29-35-30-61-33-64-35)66-50(75)41(22-23-49(73)74)68-58(83)84-32-40-38-16-6-4-14-36(38)37-15-5-7-17-39(37)40/h1-7,12-17,30,33,40-47H,8-11,18-29,31-32H2,(H,61,64)(H,63,77)(H,65,78)(H,66,75)(H,67,76)(H,68,83)(H,73,74)(H,81,82)(H4,59,60,62)/t41-,42-,43-,44-,45-,46-,47-/m0/s1. The average molecular weight is 1160 g/mol. The van der Waals surface area contributed by atoms with Crippen molar-refractivity contribution in [1.29, 1.82) is 5.41 Å². The number of nitrogens with two attached hydrogens (primary N) is 1. The first-order valence-electron chi connectivity index (χ1n) is 28.2. The summed E-state index contributed by atoms with van der Waals surface area (Å²) in [6.07, 6.45) is 3.06. The number of aliphatic carboxylic acids is 2. The number of nitrogens with one attached hydrogen (secondary N) is 8. The van der Waals surface area contributed by atoms with Crippen LogP contribution in [0.5, 0.6) is 0 Å². The van der Waals surface area contributed by atoms with Crippen LogP contribution in [-0.2, 0) is 60.7 Å². The third-order valence-corrected chi connectivity index (χ3v) is 15.6. The van der Waals surface area contributed by atoms with Gasteiger partial charge in [0.05, 0.1) is 18.6 Å². The van der Waals surface area contributed by atoms with Crippen molar-refractivity contribution in [2.24, 2.45) is 5.73 Å². The third-order valence-electron chi connectivity index (χ3n) is 15.6. The summed E-state index contributed by atoms with van der Waals surface area (Å²) in [6.45, 7) is 0.0241. The number of rotatable bonds is 26. The molecule has 7 atom stereocenters. The molecule has 1 aromatic heterocycles. The summed E-state index contributed by atoms with van der Waals surface area (Å²) in [6, 6.07) is 15.7. The third kappa shape index (κ3) is 15.4. The van der Waals surface area contributed by atoms with Gasteiger partial charge in [-0.15, -0.1) is 0 Å². The van der Waals surface area contributed by atoms with E-state index < -0.39 is 115 Å². The number of carboxylic acids is 2. The lowest BCUT2D eigenvalue weighted by molar-refractivity contribution is -0.149. The van der Waals surface area contributed by atoms with Crippen LogP contribution in [0.4, 0.5) is 4.79 Å². The lowest BCUT2D eigenvalue weighted by Gasteiger charge is -2.31. The molecule has 0 saturated carbocycles. The second-order valence-corrected chi connectivity index (χ2v) is 21.3. The van der Waals surface area contributed by atoms with E-state index in [1.165, 1.54) is 27.2 Å². The van der Waals surface area contributed by atoms with Crippen LogP contribution in [0.25, 0.3) is 11.1 Å². The fourth-order valence-electron chi connectivity index (χ4n) is 11.5. The lowest BCUT2D eigenvalue weighted by atomic mass is 9.98. The second-order valence-electron chi connectivity index (χ2n) is 21.3. The SMILES string of the molecule is N=C(N)NCCC[C@H](NC(=O)[C@@H]1CCCN1C(=O)CNC(=O)[C@@H]1CCCN1C(=O)[C@H](Cc1ccccc1)NC(=O)[C@H](Cc1c[nH]cn1)NC(=O)[C@H](CCC(=O)O)NC(=O)OCC1c2ccccc2-c2ccccc21)C(=O)N1CCC[C@H]1C(=O)O. The molecule has 4 aromatic rings. The number of amides is 8. The predicted molar refractivity (Wildman–Crippen MR) is 301 cm³/mol. The van der Waals surface area contributed by atoms with Crippen molar-refractivity contribution in [3.8, 4) is 11.1 Å². The maximum Gasteiger partial charge on any atom is 0.407 e. The van der Waals surface area contributed by atoms with Crippen molar-refractivity contribution in [2.45, 2.75) is 125 Å². The fraction of sp³-hybridized carbons (Fsp3) is 0.448. The average Bonchev–Trinajstić information content (AvgIpc) is 4.54.